The molecule has 0 amide bonds. The first kappa shape index (κ1) is 19.2. The molecule has 4 nitrogen and oxygen atoms in total. The van der Waals surface area contributed by atoms with Gasteiger partial charge in [-0.1, -0.05) is 44.8 Å². The van der Waals surface area contributed by atoms with Gasteiger partial charge in [0.15, 0.2) is 5.79 Å². The Morgan fingerprint density at radius 2 is 1.91 bits per heavy atom. The predicted octanol–water partition coefficient (Wildman–Crippen LogP) is 4.38. The molecule has 0 aromatic rings. The molecule has 0 aromatic carbocycles. The van der Waals surface area contributed by atoms with Crippen molar-refractivity contribution in [1.29, 1.82) is 0 Å². The average molecular weight is 312 g/mol. The van der Waals surface area contributed by atoms with Gasteiger partial charge in [-0.25, -0.2) is 0 Å². The maximum absolute atomic E-state index is 11.6. The number of unbranched alkanes of at least 4 members (excludes halogenated alkanes) is 5. The molecule has 1 heterocycles. The van der Waals surface area contributed by atoms with Gasteiger partial charge in [-0.15, -0.1) is 0 Å². The zero-order chi connectivity index (χ0) is 16.3. The topological polar surface area (TPSA) is 44.8 Å². The Balaban J connectivity index is 1.95. The fourth-order valence-corrected chi connectivity index (χ4v) is 2.41. The molecule has 1 aliphatic rings. The van der Waals surface area contributed by atoms with Crippen LogP contribution in [0.1, 0.15) is 72.1 Å². The molecule has 0 bridgehead atoms. The van der Waals surface area contributed by atoms with Crippen LogP contribution in [0.4, 0.5) is 0 Å². The molecule has 0 saturated carbocycles. The number of rotatable bonds is 11. The zero-order valence-electron chi connectivity index (χ0n) is 14.4. The van der Waals surface area contributed by atoms with Crippen molar-refractivity contribution >= 4 is 5.97 Å². The highest BCUT2D eigenvalue weighted by Crippen LogP contribution is 2.22. The highest BCUT2D eigenvalue weighted by Gasteiger charge is 2.33. The first-order chi connectivity index (χ1) is 10.5. The molecule has 4 heteroatoms. The lowest BCUT2D eigenvalue weighted by molar-refractivity contribution is -0.158. The van der Waals surface area contributed by atoms with E-state index < -0.39 is 5.79 Å². The molecule has 0 N–H and O–H groups in total. The van der Waals surface area contributed by atoms with Crippen molar-refractivity contribution in [2.75, 3.05) is 13.2 Å². The van der Waals surface area contributed by atoms with E-state index in [1.807, 2.05) is 13.8 Å². The van der Waals surface area contributed by atoms with Gasteiger partial charge in [0.2, 0.25) is 0 Å². The lowest BCUT2D eigenvalue weighted by atomic mass is 10.1. The van der Waals surface area contributed by atoms with Crippen molar-refractivity contribution in [2.24, 2.45) is 0 Å². The van der Waals surface area contributed by atoms with Crippen LogP contribution in [-0.4, -0.2) is 31.1 Å². The second kappa shape index (κ2) is 10.8. The van der Waals surface area contributed by atoms with Crippen LogP contribution in [0.25, 0.3) is 0 Å². The summed E-state index contributed by atoms with van der Waals surface area (Å²) in [6, 6.07) is 0. The third kappa shape index (κ3) is 9.21. The van der Waals surface area contributed by atoms with Crippen LogP contribution in [0.5, 0.6) is 0 Å². The summed E-state index contributed by atoms with van der Waals surface area (Å²) < 4.78 is 16.2. The van der Waals surface area contributed by atoms with E-state index in [-0.39, 0.29) is 18.7 Å². The average Bonchev–Trinajstić information content (AvgIpc) is 2.83. The summed E-state index contributed by atoms with van der Waals surface area (Å²) in [4.78, 5) is 11.6. The number of allylic oxidation sites excluding steroid dienone is 2. The second-order valence-electron chi connectivity index (χ2n) is 6.35. The minimum atomic E-state index is -0.559. The zero-order valence-corrected chi connectivity index (χ0v) is 14.4. The van der Waals surface area contributed by atoms with Gasteiger partial charge >= 0.3 is 5.97 Å². The Bertz CT molecular complexity index is 336. The quantitative estimate of drug-likeness (QED) is 0.323. The van der Waals surface area contributed by atoms with Crippen LogP contribution in [0, 0.1) is 0 Å². The number of hydrogen-bond acceptors (Lipinski definition) is 4. The molecule has 1 unspecified atom stereocenters. The smallest absolute Gasteiger partial charge is 0.306 e. The molecule has 128 valence electrons. The minimum absolute atomic E-state index is 0.141. The third-order valence-corrected chi connectivity index (χ3v) is 3.65. The maximum Gasteiger partial charge on any atom is 0.306 e. The minimum Gasteiger partial charge on any atom is -0.463 e. The molecule has 1 saturated heterocycles. The van der Waals surface area contributed by atoms with E-state index in [0.717, 1.165) is 12.8 Å². The van der Waals surface area contributed by atoms with Gasteiger partial charge in [0, 0.05) is 6.42 Å². The van der Waals surface area contributed by atoms with Gasteiger partial charge in [0.1, 0.15) is 12.7 Å². The molecule has 1 rings (SSSR count). The van der Waals surface area contributed by atoms with Crippen molar-refractivity contribution in [3.63, 3.8) is 0 Å². The van der Waals surface area contributed by atoms with E-state index in [2.05, 4.69) is 19.1 Å². The van der Waals surface area contributed by atoms with Gasteiger partial charge in [0.25, 0.3) is 0 Å². The molecule has 1 fully saturated rings. The van der Waals surface area contributed by atoms with Crippen LogP contribution in [0.15, 0.2) is 12.2 Å². The SMILES string of the molecule is CCCCCCC/C=C/CCC(=O)OCC1COC(C)(C)O1. The first-order valence-electron chi connectivity index (χ1n) is 8.66. The second-order valence-corrected chi connectivity index (χ2v) is 6.35. The predicted molar refractivity (Wildman–Crippen MR) is 87.6 cm³/mol. The van der Waals surface area contributed by atoms with Crippen molar-refractivity contribution in [3.8, 4) is 0 Å². The summed E-state index contributed by atoms with van der Waals surface area (Å²) in [5, 5.41) is 0. The van der Waals surface area contributed by atoms with Gasteiger partial charge < -0.3 is 14.2 Å². The molecule has 0 aromatic heterocycles. The first-order valence-corrected chi connectivity index (χ1v) is 8.66. The van der Waals surface area contributed by atoms with Crippen molar-refractivity contribution < 1.29 is 19.0 Å². The highest BCUT2D eigenvalue weighted by atomic mass is 16.7. The van der Waals surface area contributed by atoms with Crippen LogP contribution < -0.4 is 0 Å². The van der Waals surface area contributed by atoms with Crippen LogP contribution in [0.2, 0.25) is 0 Å². The molecule has 0 aliphatic carbocycles. The van der Waals surface area contributed by atoms with E-state index in [4.69, 9.17) is 14.2 Å². The third-order valence-electron chi connectivity index (χ3n) is 3.65. The normalized spacial score (nSPS) is 20.6. The lowest BCUT2D eigenvalue weighted by Crippen LogP contribution is -2.25. The number of carbonyl (C=O) groups excluding carboxylic acids is 1. The highest BCUT2D eigenvalue weighted by molar-refractivity contribution is 5.69. The number of carbonyl (C=O) groups is 1. The Labute approximate surface area is 135 Å². The van der Waals surface area contributed by atoms with Crippen molar-refractivity contribution in [2.45, 2.75) is 84.0 Å². The summed E-state index contributed by atoms with van der Waals surface area (Å²) >= 11 is 0. The standard InChI is InChI=1S/C18H32O4/c1-4-5-6-7-8-9-10-11-12-13-17(19)20-14-16-15-21-18(2,3)22-16/h10-11,16H,4-9,12-15H2,1-3H3/b11-10+. The van der Waals surface area contributed by atoms with E-state index in [1.54, 1.807) is 0 Å². The van der Waals surface area contributed by atoms with E-state index >= 15 is 0 Å². The molecule has 22 heavy (non-hydrogen) atoms. The molecular formula is C18H32O4. The summed E-state index contributed by atoms with van der Waals surface area (Å²) in [5.41, 5.74) is 0. The lowest BCUT2D eigenvalue weighted by Gasteiger charge is -2.16. The number of ether oxygens (including phenoxy) is 3. The summed E-state index contributed by atoms with van der Waals surface area (Å²) in [7, 11) is 0. The summed E-state index contributed by atoms with van der Waals surface area (Å²) in [6.45, 7) is 6.72. The molecule has 1 aliphatic heterocycles. The van der Waals surface area contributed by atoms with Gasteiger partial charge in [-0.2, -0.15) is 0 Å². The fourth-order valence-electron chi connectivity index (χ4n) is 2.41. The largest absolute Gasteiger partial charge is 0.463 e. The van der Waals surface area contributed by atoms with E-state index in [1.165, 1.54) is 32.1 Å². The van der Waals surface area contributed by atoms with Crippen LogP contribution >= 0.6 is 0 Å². The molecule has 0 radical (unpaired) electrons. The summed E-state index contributed by atoms with van der Waals surface area (Å²) in [5.74, 6) is -0.724. The Morgan fingerprint density at radius 1 is 1.18 bits per heavy atom. The molecule has 0 spiro atoms. The van der Waals surface area contributed by atoms with E-state index in [9.17, 15) is 4.79 Å². The van der Waals surface area contributed by atoms with Gasteiger partial charge in [0.05, 0.1) is 6.61 Å². The number of hydrogen-bond donors (Lipinski definition) is 0. The number of esters is 1. The van der Waals surface area contributed by atoms with Gasteiger partial charge in [-0.05, 0) is 33.1 Å². The van der Waals surface area contributed by atoms with Crippen molar-refractivity contribution in [3.05, 3.63) is 12.2 Å². The Morgan fingerprint density at radius 3 is 2.59 bits per heavy atom. The maximum atomic E-state index is 11.6. The van der Waals surface area contributed by atoms with Crippen LogP contribution in [-0.2, 0) is 19.0 Å². The van der Waals surface area contributed by atoms with Gasteiger partial charge in [-0.3, -0.25) is 4.79 Å². The fraction of sp³-hybridized carbons (Fsp3) is 0.833. The van der Waals surface area contributed by atoms with Crippen molar-refractivity contribution in [1.82, 2.24) is 0 Å². The molecular weight excluding hydrogens is 280 g/mol. The Kier molecular flexibility index (Phi) is 9.41. The summed E-state index contributed by atoms with van der Waals surface area (Å²) in [6.07, 6.45) is 12.9. The van der Waals surface area contributed by atoms with Crippen LogP contribution in [0.3, 0.4) is 0 Å². The van der Waals surface area contributed by atoms with E-state index in [0.29, 0.717) is 13.0 Å². The monoisotopic (exact) mass is 312 g/mol. The molecule has 1 atom stereocenters. The Hall–Kier alpha value is -0.870.